The first kappa shape index (κ1) is 15.8. The third-order valence-electron chi connectivity index (χ3n) is 2.20. The van der Waals surface area contributed by atoms with Gasteiger partial charge in [-0.2, -0.15) is 5.10 Å². The zero-order chi connectivity index (χ0) is 12.2. The van der Waals surface area contributed by atoms with E-state index in [9.17, 15) is 4.79 Å². The first-order valence-corrected chi connectivity index (χ1v) is 5.38. The molecule has 0 spiro atoms. The highest BCUT2D eigenvalue weighted by Crippen LogP contribution is 2.11. The van der Waals surface area contributed by atoms with Gasteiger partial charge < -0.3 is 20.4 Å². The molecule has 0 radical (unpaired) electrons. The predicted octanol–water partition coefficient (Wildman–Crippen LogP) is 0.863. The van der Waals surface area contributed by atoms with Crippen molar-refractivity contribution in [1.82, 2.24) is 9.80 Å². The van der Waals surface area contributed by atoms with E-state index in [0.717, 1.165) is 13.1 Å². The van der Waals surface area contributed by atoms with Gasteiger partial charge in [0.25, 0.3) is 0 Å². The van der Waals surface area contributed by atoms with Gasteiger partial charge in [0.15, 0.2) is 0 Å². The van der Waals surface area contributed by atoms with Gasteiger partial charge in [-0.05, 0) is 20.8 Å². The molecule has 6 nitrogen and oxygen atoms in total. The number of nitrogens with zero attached hydrogens (tertiary/aromatic N) is 3. The van der Waals surface area contributed by atoms with Gasteiger partial charge in [-0.1, -0.05) is 0 Å². The van der Waals surface area contributed by atoms with E-state index in [-0.39, 0.29) is 18.5 Å². The van der Waals surface area contributed by atoms with E-state index >= 15 is 0 Å². The number of hydrogen-bond donors (Lipinski definition) is 1. The standard InChI is InChI=1S/C10H20N4O2.ClH/c1-10(2,3)16-9(15)14-6-4-13(5-7-14)8-12-11;/h8H,4-7,11H2,1-3H3;1H/b12-8+;. The number of carbonyl (C=O) groups excluding carboxylic acids is 1. The fourth-order valence-corrected chi connectivity index (χ4v) is 1.44. The third kappa shape index (κ3) is 5.63. The number of piperazine rings is 1. The topological polar surface area (TPSA) is 71.2 Å². The van der Waals surface area contributed by atoms with Crippen molar-refractivity contribution >= 4 is 24.8 Å². The zero-order valence-electron chi connectivity index (χ0n) is 10.5. The normalized spacial score (nSPS) is 16.9. The van der Waals surface area contributed by atoms with Gasteiger partial charge in [-0.3, -0.25) is 0 Å². The molecular weight excluding hydrogens is 244 g/mol. The molecular formula is C10H21ClN4O2. The average Bonchev–Trinajstić information content (AvgIpc) is 2.16. The van der Waals surface area contributed by atoms with E-state index in [1.165, 1.54) is 0 Å². The Morgan fingerprint density at radius 2 is 1.82 bits per heavy atom. The van der Waals surface area contributed by atoms with Crippen LogP contribution in [0.2, 0.25) is 0 Å². The molecule has 0 atom stereocenters. The van der Waals surface area contributed by atoms with Gasteiger partial charge in [0.1, 0.15) is 11.9 Å². The van der Waals surface area contributed by atoms with Gasteiger partial charge in [-0.15, -0.1) is 12.4 Å². The van der Waals surface area contributed by atoms with E-state index in [1.807, 2.05) is 25.7 Å². The summed E-state index contributed by atoms with van der Waals surface area (Å²) in [5.41, 5.74) is -0.438. The fourth-order valence-electron chi connectivity index (χ4n) is 1.44. The van der Waals surface area contributed by atoms with E-state index < -0.39 is 5.60 Å². The summed E-state index contributed by atoms with van der Waals surface area (Å²) in [6.45, 7) is 8.34. The van der Waals surface area contributed by atoms with Gasteiger partial charge in [0.05, 0.1) is 0 Å². The van der Waals surface area contributed by atoms with Crippen LogP contribution in [0, 0.1) is 0 Å². The minimum Gasteiger partial charge on any atom is -0.444 e. The minimum absolute atomic E-state index is 0. The quantitative estimate of drug-likeness (QED) is 0.330. The maximum absolute atomic E-state index is 11.7. The monoisotopic (exact) mass is 264 g/mol. The van der Waals surface area contributed by atoms with E-state index in [2.05, 4.69) is 5.10 Å². The molecule has 1 heterocycles. The second-order valence-electron chi connectivity index (χ2n) is 4.77. The largest absolute Gasteiger partial charge is 0.444 e. The SMILES string of the molecule is CC(C)(C)OC(=O)N1CCN(/C=N/N)CC1.Cl. The maximum Gasteiger partial charge on any atom is 0.410 e. The lowest BCUT2D eigenvalue weighted by Gasteiger charge is -2.34. The van der Waals surface area contributed by atoms with Gasteiger partial charge in [0.2, 0.25) is 0 Å². The lowest BCUT2D eigenvalue weighted by molar-refractivity contribution is 0.0189. The van der Waals surface area contributed by atoms with Crippen LogP contribution in [0.4, 0.5) is 4.79 Å². The van der Waals surface area contributed by atoms with Crippen LogP contribution in [0.5, 0.6) is 0 Å². The number of nitrogens with two attached hydrogens (primary N) is 1. The molecule has 1 saturated heterocycles. The molecule has 1 rings (SSSR count). The van der Waals surface area contributed by atoms with Crippen molar-refractivity contribution in [3.05, 3.63) is 0 Å². The number of amides is 1. The summed E-state index contributed by atoms with van der Waals surface area (Å²) < 4.78 is 5.28. The molecule has 2 N–H and O–H groups in total. The van der Waals surface area contributed by atoms with Crippen LogP contribution in [0.15, 0.2) is 5.10 Å². The van der Waals surface area contributed by atoms with Crippen LogP contribution in [-0.2, 0) is 4.74 Å². The van der Waals surface area contributed by atoms with Crippen molar-refractivity contribution in [2.75, 3.05) is 26.2 Å². The molecule has 100 valence electrons. The Morgan fingerprint density at radius 1 is 1.29 bits per heavy atom. The highest BCUT2D eigenvalue weighted by molar-refractivity contribution is 5.85. The number of carbonyl (C=O) groups is 1. The Bertz CT molecular complexity index is 270. The number of hydrogen-bond acceptors (Lipinski definition) is 4. The van der Waals surface area contributed by atoms with Crippen LogP contribution >= 0.6 is 12.4 Å². The zero-order valence-corrected chi connectivity index (χ0v) is 11.4. The first-order valence-electron chi connectivity index (χ1n) is 5.38. The number of halogens is 1. The van der Waals surface area contributed by atoms with Crippen LogP contribution in [-0.4, -0.2) is 54.0 Å². The summed E-state index contributed by atoms with van der Waals surface area (Å²) in [6.07, 6.45) is 1.34. The minimum atomic E-state index is -0.438. The predicted molar refractivity (Wildman–Crippen MR) is 69.3 cm³/mol. The molecule has 0 aromatic carbocycles. The van der Waals surface area contributed by atoms with E-state index in [0.29, 0.717) is 13.1 Å². The summed E-state index contributed by atoms with van der Waals surface area (Å²) in [6, 6.07) is 0. The van der Waals surface area contributed by atoms with E-state index in [4.69, 9.17) is 10.6 Å². The molecule has 7 heteroatoms. The number of hydrazone groups is 1. The average molecular weight is 265 g/mol. The van der Waals surface area contributed by atoms with Gasteiger partial charge >= 0.3 is 6.09 Å². The maximum atomic E-state index is 11.7. The molecule has 0 saturated carbocycles. The molecule has 0 aliphatic carbocycles. The molecule has 0 aromatic heterocycles. The number of rotatable bonds is 1. The molecule has 1 amide bonds. The Balaban J connectivity index is 0.00000256. The lowest BCUT2D eigenvalue weighted by atomic mass is 10.2. The van der Waals surface area contributed by atoms with Gasteiger partial charge in [0, 0.05) is 26.2 Å². The van der Waals surface area contributed by atoms with Crippen LogP contribution in [0.25, 0.3) is 0 Å². The molecule has 17 heavy (non-hydrogen) atoms. The van der Waals surface area contributed by atoms with Gasteiger partial charge in [-0.25, -0.2) is 4.79 Å². The van der Waals surface area contributed by atoms with Crippen LogP contribution < -0.4 is 5.84 Å². The van der Waals surface area contributed by atoms with E-state index in [1.54, 1.807) is 11.2 Å². The molecule has 1 aliphatic heterocycles. The molecule has 1 fully saturated rings. The van der Waals surface area contributed by atoms with Crippen molar-refractivity contribution in [3.8, 4) is 0 Å². The molecule has 0 aromatic rings. The number of ether oxygens (including phenoxy) is 1. The Labute approximate surface area is 108 Å². The highest BCUT2D eigenvalue weighted by Gasteiger charge is 2.24. The summed E-state index contributed by atoms with van der Waals surface area (Å²) in [7, 11) is 0. The van der Waals surface area contributed by atoms with Crippen LogP contribution in [0.1, 0.15) is 20.8 Å². The Kier molecular flexibility index (Phi) is 6.09. The highest BCUT2D eigenvalue weighted by atomic mass is 35.5. The molecule has 0 unspecified atom stereocenters. The third-order valence-corrected chi connectivity index (χ3v) is 2.20. The molecule has 0 bridgehead atoms. The second kappa shape index (κ2) is 6.54. The Morgan fingerprint density at radius 3 is 2.24 bits per heavy atom. The lowest BCUT2D eigenvalue weighted by Crippen LogP contribution is -2.49. The van der Waals surface area contributed by atoms with Crippen molar-refractivity contribution in [2.45, 2.75) is 26.4 Å². The summed E-state index contributed by atoms with van der Waals surface area (Å²) in [5.74, 6) is 5.06. The Hall–Kier alpha value is -1.17. The van der Waals surface area contributed by atoms with Crippen LogP contribution in [0.3, 0.4) is 0 Å². The van der Waals surface area contributed by atoms with Crippen molar-refractivity contribution in [2.24, 2.45) is 10.9 Å². The summed E-state index contributed by atoms with van der Waals surface area (Å²) in [5, 5.41) is 3.45. The summed E-state index contributed by atoms with van der Waals surface area (Å²) in [4.78, 5) is 15.4. The van der Waals surface area contributed by atoms with Crippen molar-refractivity contribution in [1.29, 1.82) is 0 Å². The first-order chi connectivity index (χ1) is 7.42. The second-order valence-corrected chi connectivity index (χ2v) is 4.77. The fraction of sp³-hybridized carbons (Fsp3) is 0.800. The van der Waals surface area contributed by atoms with Crippen molar-refractivity contribution < 1.29 is 9.53 Å². The molecule has 1 aliphatic rings. The van der Waals surface area contributed by atoms with Crippen molar-refractivity contribution in [3.63, 3.8) is 0 Å². The summed E-state index contributed by atoms with van der Waals surface area (Å²) >= 11 is 0. The smallest absolute Gasteiger partial charge is 0.410 e.